The van der Waals surface area contributed by atoms with Crippen molar-refractivity contribution < 1.29 is 21.9 Å². The molecule has 4 N–H and O–H groups in total. The zero-order chi connectivity index (χ0) is 19.8. The number of nitrogens with zero attached hydrogens (tertiary/aromatic N) is 2. The predicted octanol–water partition coefficient (Wildman–Crippen LogP) is 0.681. The predicted molar refractivity (Wildman–Crippen MR) is 97.6 cm³/mol. The van der Waals surface area contributed by atoms with E-state index in [1.807, 2.05) is 4.90 Å². The van der Waals surface area contributed by atoms with Gasteiger partial charge in [-0.2, -0.15) is 4.40 Å². The minimum Gasteiger partial charge on any atom is -0.401 e. The third-order valence-electron chi connectivity index (χ3n) is 4.74. The number of hydrogen-bond donors (Lipinski definition) is 2. The van der Waals surface area contributed by atoms with Crippen LogP contribution in [0.5, 0.6) is 0 Å². The van der Waals surface area contributed by atoms with Crippen LogP contribution < -0.4 is 11.5 Å². The Kier molecular flexibility index (Phi) is 5.61. The van der Waals surface area contributed by atoms with Crippen LogP contribution in [0.1, 0.15) is 18.1 Å². The molecule has 3 rings (SSSR count). The Labute approximate surface area is 156 Å². The molecule has 148 valence electrons. The summed E-state index contributed by atoms with van der Waals surface area (Å²) in [6, 6.07) is 2.63. The van der Waals surface area contributed by atoms with Crippen LogP contribution in [-0.2, 0) is 14.8 Å². The highest BCUT2D eigenvalue weighted by Crippen LogP contribution is 2.32. The summed E-state index contributed by atoms with van der Waals surface area (Å²) in [4.78, 5) is 2.01. The molecule has 7 nitrogen and oxygen atoms in total. The van der Waals surface area contributed by atoms with Gasteiger partial charge < -0.3 is 16.2 Å². The zero-order valence-corrected chi connectivity index (χ0v) is 15.6. The van der Waals surface area contributed by atoms with Gasteiger partial charge in [-0.1, -0.05) is 0 Å². The van der Waals surface area contributed by atoms with Crippen molar-refractivity contribution in [2.75, 3.05) is 26.0 Å². The number of nitrogens with two attached hydrogens (primary N) is 2. The van der Waals surface area contributed by atoms with Gasteiger partial charge >= 0.3 is 0 Å². The first kappa shape index (κ1) is 19.9. The molecule has 2 aliphatic heterocycles. The van der Waals surface area contributed by atoms with E-state index in [-0.39, 0.29) is 18.2 Å². The molecule has 27 heavy (non-hydrogen) atoms. The topological polar surface area (TPSA) is 111 Å². The Morgan fingerprint density at radius 2 is 2.07 bits per heavy atom. The summed E-state index contributed by atoms with van der Waals surface area (Å²) < 4.78 is 59.1. The van der Waals surface area contributed by atoms with Crippen LogP contribution in [0.25, 0.3) is 0 Å². The highest BCUT2D eigenvalue weighted by molar-refractivity contribution is 7.89. The van der Waals surface area contributed by atoms with E-state index in [1.165, 1.54) is 6.21 Å². The molecule has 0 bridgehead atoms. The number of ether oxygens (including phenoxy) is 1. The van der Waals surface area contributed by atoms with Crippen molar-refractivity contribution in [1.29, 1.82) is 0 Å². The van der Waals surface area contributed by atoms with Gasteiger partial charge in [0, 0.05) is 48.2 Å². The molecular formula is C17H22F2N4O3S. The van der Waals surface area contributed by atoms with E-state index in [2.05, 4.69) is 4.40 Å². The van der Waals surface area contributed by atoms with Gasteiger partial charge in [0.15, 0.2) is 0 Å². The van der Waals surface area contributed by atoms with Gasteiger partial charge in [-0.15, -0.1) is 0 Å². The minimum absolute atomic E-state index is 0.0736. The van der Waals surface area contributed by atoms with E-state index in [1.54, 1.807) is 0 Å². The lowest BCUT2D eigenvalue weighted by Gasteiger charge is -2.38. The number of hydrogen-bond acceptors (Lipinski definition) is 6. The van der Waals surface area contributed by atoms with Crippen LogP contribution in [0.2, 0.25) is 0 Å². The molecule has 0 saturated carbocycles. The fraction of sp³-hybridized carbons (Fsp3) is 0.471. The largest absolute Gasteiger partial charge is 0.401 e. The molecule has 1 fully saturated rings. The van der Waals surface area contributed by atoms with Gasteiger partial charge in [0.25, 0.3) is 0 Å². The highest BCUT2D eigenvalue weighted by Gasteiger charge is 2.36. The molecule has 0 aromatic heterocycles. The monoisotopic (exact) mass is 400 g/mol. The van der Waals surface area contributed by atoms with Crippen LogP contribution in [0.3, 0.4) is 0 Å². The van der Waals surface area contributed by atoms with Crippen molar-refractivity contribution in [2.45, 2.75) is 24.6 Å². The molecule has 0 aliphatic carbocycles. The second-order valence-electron chi connectivity index (χ2n) is 6.90. The lowest BCUT2D eigenvalue weighted by Crippen LogP contribution is -2.49. The average Bonchev–Trinajstić information content (AvgIpc) is 2.96. The van der Waals surface area contributed by atoms with Crippen molar-refractivity contribution in [3.8, 4) is 0 Å². The normalized spacial score (nSPS) is 27.6. The van der Waals surface area contributed by atoms with Gasteiger partial charge in [0.1, 0.15) is 17.7 Å². The van der Waals surface area contributed by atoms with Crippen LogP contribution in [0.4, 0.5) is 8.78 Å². The lowest BCUT2D eigenvalue weighted by atomic mass is 9.93. The number of halogens is 2. The van der Waals surface area contributed by atoms with E-state index in [4.69, 9.17) is 16.2 Å². The smallest absolute Gasteiger partial charge is 0.250 e. The molecule has 0 spiro atoms. The van der Waals surface area contributed by atoms with Crippen molar-refractivity contribution >= 4 is 16.2 Å². The van der Waals surface area contributed by atoms with Gasteiger partial charge in [-0.05, 0) is 24.6 Å². The Hall–Kier alpha value is -1.88. The second-order valence-corrected chi connectivity index (χ2v) is 8.57. The lowest BCUT2D eigenvalue weighted by molar-refractivity contribution is -0.0463. The number of benzene rings is 1. The first-order chi connectivity index (χ1) is 12.6. The molecule has 1 aromatic rings. The van der Waals surface area contributed by atoms with E-state index in [0.29, 0.717) is 30.8 Å². The first-order valence-electron chi connectivity index (χ1n) is 8.43. The maximum atomic E-state index is 14.0. The quantitative estimate of drug-likeness (QED) is 0.719. The van der Waals surface area contributed by atoms with Crippen LogP contribution in [0, 0.1) is 11.6 Å². The van der Waals surface area contributed by atoms with Crippen molar-refractivity contribution in [3.63, 3.8) is 0 Å². The maximum Gasteiger partial charge on any atom is 0.250 e. The standard InChI is InChI=1S/C17H22F2N4O3S/c1-27(24,25)22-6-10-7-23(8-16(10)21)12-5-15(20)17(26-9-12)13-4-11(18)2-3-14(13)19/h2-4,6,12,15,17H,5,7-9,20-21H2,1H3/t12?,15?,17-/m1/s1. The van der Waals surface area contributed by atoms with Crippen LogP contribution in [-0.4, -0.2) is 57.6 Å². The molecule has 1 saturated heterocycles. The molecule has 2 unspecified atom stereocenters. The third kappa shape index (κ3) is 4.70. The van der Waals surface area contributed by atoms with Crippen LogP contribution >= 0.6 is 0 Å². The summed E-state index contributed by atoms with van der Waals surface area (Å²) >= 11 is 0. The van der Waals surface area contributed by atoms with Crippen molar-refractivity contribution in [2.24, 2.45) is 15.9 Å². The molecule has 2 heterocycles. The van der Waals surface area contributed by atoms with Gasteiger partial charge in [-0.25, -0.2) is 17.2 Å². The van der Waals surface area contributed by atoms with Gasteiger partial charge in [-0.3, -0.25) is 4.90 Å². The molecule has 3 atom stereocenters. The maximum absolute atomic E-state index is 14.0. The summed E-state index contributed by atoms with van der Waals surface area (Å²) in [5.74, 6) is -1.10. The first-order valence-corrected chi connectivity index (χ1v) is 10.3. The van der Waals surface area contributed by atoms with Gasteiger partial charge in [0.2, 0.25) is 10.0 Å². The molecule has 2 aliphatic rings. The third-order valence-corrected chi connectivity index (χ3v) is 5.23. The Morgan fingerprint density at radius 1 is 1.33 bits per heavy atom. The van der Waals surface area contributed by atoms with E-state index in [0.717, 1.165) is 24.5 Å². The van der Waals surface area contributed by atoms with E-state index < -0.39 is 33.8 Å². The Balaban J connectivity index is 1.66. The number of rotatable bonds is 4. The fourth-order valence-corrected chi connectivity index (χ4v) is 3.71. The summed E-state index contributed by atoms with van der Waals surface area (Å²) in [5, 5.41) is 0. The molecule has 1 aromatic carbocycles. The van der Waals surface area contributed by atoms with Crippen molar-refractivity contribution in [1.82, 2.24) is 4.90 Å². The molecular weight excluding hydrogens is 378 g/mol. The average molecular weight is 400 g/mol. The molecule has 10 heteroatoms. The van der Waals surface area contributed by atoms with E-state index in [9.17, 15) is 17.2 Å². The summed E-state index contributed by atoms with van der Waals surface area (Å²) in [5.41, 5.74) is 13.4. The number of sulfonamides is 1. The van der Waals surface area contributed by atoms with Crippen LogP contribution in [0.15, 0.2) is 33.9 Å². The van der Waals surface area contributed by atoms with Gasteiger partial charge in [0.05, 0.1) is 12.9 Å². The SMILES string of the molecule is CS(=O)(=O)N=CC1=C(N)CN(C2CO[C@H](c3cc(F)ccc3F)C(N)C2)C1. The molecule has 0 radical (unpaired) electrons. The van der Waals surface area contributed by atoms with E-state index >= 15 is 0 Å². The minimum atomic E-state index is -3.48. The summed E-state index contributed by atoms with van der Waals surface area (Å²) in [7, 11) is -3.48. The summed E-state index contributed by atoms with van der Waals surface area (Å²) in [6.45, 7) is 1.13. The molecule has 0 amide bonds. The second kappa shape index (κ2) is 7.63. The van der Waals surface area contributed by atoms with Crippen molar-refractivity contribution in [3.05, 3.63) is 46.7 Å². The Morgan fingerprint density at radius 3 is 2.74 bits per heavy atom. The Bertz CT molecular complexity index is 888. The highest BCUT2D eigenvalue weighted by atomic mass is 32.2. The fourth-order valence-electron chi connectivity index (χ4n) is 3.39. The summed E-state index contributed by atoms with van der Waals surface area (Å²) in [6.07, 6.45) is 2.05. The zero-order valence-electron chi connectivity index (χ0n) is 14.8.